The summed E-state index contributed by atoms with van der Waals surface area (Å²) in [5.74, 6) is 0.130. The molecule has 4 aliphatic rings. The fourth-order valence-electron chi connectivity index (χ4n) is 7.94. The van der Waals surface area contributed by atoms with Gasteiger partial charge in [-0.1, -0.05) is 20.8 Å². The molecule has 0 radical (unpaired) electrons. The number of hydrogen-bond acceptors (Lipinski definition) is 5. The molecule has 4 rings (SSSR count). The predicted octanol–water partition coefficient (Wildman–Crippen LogP) is 2.74. The number of Topliss-reactive ketones (excluding diaryl/α,β-unsaturated/α-hetero) is 3. The summed E-state index contributed by atoms with van der Waals surface area (Å²) in [6.45, 7) is 6.32. The summed E-state index contributed by atoms with van der Waals surface area (Å²) in [5.41, 5.74) is -0.627. The van der Waals surface area contributed by atoms with Crippen molar-refractivity contribution < 1.29 is 24.3 Å². The minimum absolute atomic E-state index is 0.0192. The van der Waals surface area contributed by atoms with Gasteiger partial charge in [0.05, 0.1) is 0 Å². The van der Waals surface area contributed by atoms with E-state index in [9.17, 15) is 24.3 Å². The quantitative estimate of drug-likeness (QED) is 0.722. The molecule has 0 bridgehead atoms. The molecule has 4 fully saturated rings. The predicted molar refractivity (Wildman–Crippen MR) is 104 cm³/mol. The average molecular weight is 402 g/mol. The molecule has 160 valence electrons. The minimum atomic E-state index is -1.04. The van der Waals surface area contributed by atoms with Gasteiger partial charge < -0.3 is 9.90 Å². The van der Waals surface area contributed by atoms with Gasteiger partial charge in [-0.15, -0.1) is 0 Å². The van der Waals surface area contributed by atoms with Crippen LogP contribution in [0.1, 0.15) is 78.6 Å². The van der Waals surface area contributed by atoms with E-state index in [4.69, 9.17) is 0 Å². The van der Waals surface area contributed by atoms with Crippen LogP contribution in [0.4, 0.5) is 0 Å². The maximum absolute atomic E-state index is 13.6. The Morgan fingerprint density at radius 1 is 1.10 bits per heavy atom. The minimum Gasteiger partial charge on any atom is -0.550 e. The van der Waals surface area contributed by atoms with Gasteiger partial charge in [0.15, 0.2) is 0 Å². The number of ketones is 3. The molecule has 5 heteroatoms. The summed E-state index contributed by atoms with van der Waals surface area (Å²) < 4.78 is 0. The first-order valence-corrected chi connectivity index (χ1v) is 11.4. The number of aliphatic carboxylic acids is 1. The molecule has 0 amide bonds. The van der Waals surface area contributed by atoms with Crippen molar-refractivity contribution >= 4 is 23.3 Å². The van der Waals surface area contributed by atoms with E-state index in [0.29, 0.717) is 32.1 Å². The molecule has 0 saturated heterocycles. The van der Waals surface area contributed by atoms with Crippen molar-refractivity contribution in [2.24, 2.45) is 46.3 Å². The normalized spacial score (nSPS) is 45.3. The lowest BCUT2D eigenvalue weighted by molar-refractivity contribution is -0.306. The second-order valence-corrected chi connectivity index (χ2v) is 10.8. The van der Waals surface area contributed by atoms with Gasteiger partial charge in [0.1, 0.15) is 17.3 Å². The van der Waals surface area contributed by atoms with Crippen LogP contribution >= 0.6 is 0 Å². The maximum Gasteiger partial charge on any atom is 0.139 e. The lowest BCUT2D eigenvalue weighted by Gasteiger charge is -2.58. The lowest BCUT2D eigenvalue weighted by Crippen LogP contribution is -2.60. The van der Waals surface area contributed by atoms with Crippen molar-refractivity contribution in [2.75, 3.05) is 0 Å². The summed E-state index contributed by atoms with van der Waals surface area (Å²) in [4.78, 5) is 49.8. The molecule has 0 aromatic heterocycles. The largest absolute Gasteiger partial charge is 0.550 e. The standard InChI is InChI=1S/C24H34O5/c1-13(4-7-21(28)29)16-5-6-17-22-18(12-20(27)24(16,17)3)23(2)9-8-15(25)10-14(23)11-19(22)26/h13-14,16-18,22H,4-12H2,1-3H3,(H,28,29)/p-1/t13-,14+,16-,17+,18-,22-,23+,24-/m1/s1. The molecular weight excluding hydrogens is 368 g/mol. The van der Waals surface area contributed by atoms with E-state index in [0.717, 1.165) is 19.3 Å². The van der Waals surface area contributed by atoms with Gasteiger partial charge in [-0.2, -0.15) is 0 Å². The number of carbonyl (C=O) groups excluding carboxylic acids is 4. The van der Waals surface area contributed by atoms with Crippen LogP contribution in [-0.4, -0.2) is 23.3 Å². The summed E-state index contributed by atoms with van der Waals surface area (Å²) in [7, 11) is 0. The van der Waals surface area contributed by atoms with Gasteiger partial charge in [-0.3, -0.25) is 14.4 Å². The highest BCUT2D eigenvalue weighted by Gasteiger charge is 2.66. The van der Waals surface area contributed by atoms with Crippen LogP contribution in [0.5, 0.6) is 0 Å². The van der Waals surface area contributed by atoms with E-state index in [1.54, 1.807) is 0 Å². The van der Waals surface area contributed by atoms with Crippen LogP contribution in [0.3, 0.4) is 0 Å². The maximum atomic E-state index is 13.6. The second-order valence-electron chi connectivity index (χ2n) is 10.8. The van der Waals surface area contributed by atoms with Gasteiger partial charge in [0.2, 0.25) is 0 Å². The van der Waals surface area contributed by atoms with Crippen molar-refractivity contribution in [1.29, 1.82) is 0 Å². The van der Waals surface area contributed by atoms with Crippen LogP contribution < -0.4 is 5.11 Å². The van der Waals surface area contributed by atoms with Crippen molar-refractivity contribution in [1.82, 2.24) is 0 Å². The Morgan fingerprint density at radius 2 is 1.83 bits per heavy atom. The monoisotopic (exact) mass is 401 g/mol. The Kier molecular flexibility index (Phi) is 5.02. The molecule has 4 aliphatic carbocycles. The van der Waals surface area contributed by atoms with E-state index in [-0.39, 0.29) is 64.7 Å². The fraction of sp³-hybridized carbons (Fsp3) is 0.833. The molecule has 0 heterocycles. The van der Waals surface area contributed by atoms with E-state index < -0.39 is 11.4 Å². The van der Waals surface area contributed by atoms with Crippen molar-refractivity contribution in [3.63, 3.8) is 0 Å². The number of hydrogen-bond donors (Lipinski definition) is 0. The molecule has 0 aromatic rings. The molecule has 0 N–H and O–H groups in total. The van der Waals surface area contributed by atoms with E-state index in [1.807, 2.05) is 6.92 Å². The number of rotatable bonds is 4. The number of carboxylic acid groups (broad SMARTS) is 1. The van der Waals surface area contributed by atoms with Crippen molar-refractivity contribution in [2.45, 2.75) is 78.6 Å². The van der Waals surface area contributed by atoms with Crippen LogP contribution in [-0.2, 0) is 19.2 Å². The molecule has 4 saturated carbocycles. The topological polar surface area (TPSA) is 91.3 Å². The fourth-order valence-corrected chi connectivity index (χ4v) is 7.94. The number of carbonyl (C=O) groups is 4. The second kappa shape index (κ2) is 7.02. The van der Waals surface area contributed by atoms with Crippen LogP contribution in [0, 0.1) is 46.3 Å². The first-order valence-electron chi connectivity index (χ1n) is 11.4. The Bertz CT molecular complexity index is 756. The molecule has 0 unspecified atom stereocenters. The Morgan fingerprint density at radius 3 is 2.52 bits per heavy atom. The zero-order chi connectivity index (χ0) is 21.1. The summed E-state index contributed by atoms with van der Waals surface area (Å²) in [6, 6.07) is 0. The molecule has 0 aliphatic heterocycles. The zero-order valence-electron chi connectivity index (χ0n) is 17.9. The first kappa shape index (κ1) is 20.7. The highest BCUT2D eigenvalue weighted by atomic mass is 16.4. The molecule has 0 aromatic carbocycles. The van der Waals surface area contributed by atoms with Gasteiger partial charge in [-0.05, 0) is 67.1 Å². The molecule has 8 atom stereocenters. The molecule has 0 spiro atoms. The number of fused-ring (bicyclic) bond motifs is 5. The van der Waals surface area contributed by atoms with Gasteiger partial charge in [-0.25, -0.2) is 0 Å². The molecule has 5 nitrogen and oxygen atoms in total. The van der Waals surface area contributed by atoms with Gasteiger partial charge in [0, 0.05) is 43.0 Å². The van der Waals surface area contributed by atoms with E-state index in [2.05, 4.69) is 13.8 Å². The van der Waals surface area contributed by atoms with Crippen LogP contribution in [0.15, 0.2) is 0 Å². The Labute approximate surface area is 173 Å². The highest BCUT2D eigenvalue weighted by Crippen LogP contribution is 2.66. The summed E-state index contributed by atoms with van der Waals surface area (Å²) in [6.07, 6.45) is 5.08. The molecular formula is C24H33O5-. The average Bonchev–Trinajstić information content (AvgIpc) is 3.01. The molecule has 29 heavy (non-hydrogen) atoms. The Hall–Kier alpha value is -1.52. The third kappa shape index (κ3) is 3.02. The summed E-state index contributed by atoms with van der Waals surface area (Å²) >= 11 is 0. The van der Waals surface area contributed by atoms with Crippen molar-refractivity contribution in [3.05, 3.63) is 0 Å². The van der Waals surface area contributed by atoms with Crippen molar-refractivity contribution in [3.8, 4) is 0 Å². The third-order valence-electron chi connectivity index (χ3n) is 9.71. The van der Waals surface area contributed by atoms with Gasteiger partial charge in [0.25, 0.3) is 0 Å². The Balaban J connectivity index is 1.63. The lowest BCUT2D eigenvalue weighted by atomic mass is 9.44. The van der Waals surface area contributed by atoms with Crippen LogP contribution in [0.2, 0.25) is 0 Å². The first-order chi connectivity index (χ1) is 13.6. The highest BCUT2D eigenvalue weighted by molar-refractivity contribution is 5.93. The number of carboxylic acids is 1. The summed E-state index contributed by atoms with van der Waals surface area (Å²) in [5, 5.41) is 10.9. The smallest absolute Gasteiger partial charge is 0.139 e. The van der Waals surface area contributed by atoms with E-state index >= 15 is 0 Å². The van der Waals surface area contributed by atoms with Gasteiger partial charge >= 0.3 is 0 Å². The van der Waals surface area contributed by atoms with E-state index in [1.165, 1.54) is 0 Å². The SMILES string of the molecule is C[C@H](CCC(=O)[O-])[C@H]1CC[C@H]2[C@H]3C(=O)C[C@@H]4CC(=O)CC[C@]4(C)[C@@H]3CC(=O)[C@]12C. The third-order valence-corrected chi connectivity index (χ3v) is 9.71. The van der Waals surface area contributed by atoms with Crippen LogP contribution in [0.25, 0.3) is 0 Å². The zero-order valence-corrected chi connectivity index (χ0v) is 17.9.